The minimum Gasteiger partial charge on any atom is -0.363 e. The van der Waals surface area contributed by atoms with Gasteiger partial charge in [0.05, 0.1) is 0 Å². The van der Waals surface area contributed by atoms with Gasteiger partial charge in [0.25, 0.3) is 0 Å². The van der Waals surface area contributed by atoms with Crippen molar-refractivity contribution < 1.29 is 4.74 Å². The first kappa shape index (κ1) is 7.25. The van der Waals surface area contributed by atoms with Crippen molar-refractivity contribution in [2.45, 2.75) is 6.23 Å². The quantitative estimate of drug-likeness (QED) is 0.623. The standard InChI is InChI=1S/C8H11NO/c1-10-8(9)7-5-3-2-4-6-7/h2-6,8H,9H2,1H3. The molecule has 0 aliphatic carbocycles. The van der Waals surface area contributed by atoms with E-state index in [-0.39, 0.29) is 6.23 Å². The van der Waals surface area contributed by atoms with Crippen LogP contribution in [-0.4, -0.2) is 7.11 Å². The number of hydrogen-bond acceptors (Lipinski definition) is 2. The third kappa shape index (κ3) is 1.56. The summed E-state index contributed by atoms with van der Waals surface area (Å²) in [7, 11) is 1.59. The molecule has 1 atom stereocenters. The minimum absolute atomic E-state index is 0.291. The van der Waals surface area contributed by atoms with E-state index in [2.05, 4.69) is 0 Å². The molecule has 2 heteroatoms. The molecule has 0 heterocycles. The van der Waals surface area contributed by atoms with Crippen LogP contribution in [0.3, 0.4) is 0 Å². The van der Waals surface area contributed by atoms with E-state index in [0.717, 1.165) is 5.56 Å². The number of nitrogens with two attached hydrogens (primary N) is 1. The first-order valence-corrected chi connectivity index (χ1v) is 3.18. The van der Waals surface area contributed by atoms with Gasteiger partial charge in [-0.2, -0.15) is 0 Å². The summed E-state index contributed by atoms with van der Waals surface area (Å²) in [5.74, 6) is 0. The maximum atomic E-state index is 5.57. The van der Waals surface area contributed by atoms with Gasteiger partial charge in [-0.3, -0.25) is 0 Å². The second-order valence-corrected chi connectivity index (χ2v) is 2.07. The van der Waals surface area contributed by atoms with E-state index in [0.29, 0.717) is 0 Å². The van der Waals surface area contributed by atoms with E-state index in [1.807, 2.05) is 30.3 Å². The third-order valence-corrected chi connectivity index (χ3v) is 1.38. The smallest absolute Gasteiger partial charge is 0.131 e. The van der Waals surface area contributed by atoms with Crippen molar-refractivity contribution in [3.63, 3.8) is 0 Å². The molecule has 0 saturated carbocycles. The number of hydrogen-bond donors (Lipinski definition) is 1. The van der Waals surface area contributed by atoms with Crippen molar-refractivity contribution in [3.8, 4) is 0 Å². The summed E-state index contributed by atoms with van der Waals surface area (Å²) in [5, 5.41) is 0. The largest absolute Gasteiger partial charge is 0.363 e. The van der Waals surface area contributed by atoms with E-state index < -0.39 is 0 Å². The average molecular weight is 137 g/mol. The number of benzene rings is 1. The van der Waals surface area contributed by atoms with Crippen LogP contribution in [0.15, 0.2) is 30.3 Å². The Hall–Kier alpha value is -0.860. The SMILES string of the molecule is COC(N)c1ccccc1. The van der Waals surface area contributed by atoms with Crippen LogP contribution in [0.1, 0.15) is 11.8 Å². The molecule has 2 N–H and O–H groups in total. The van der Waals surface area contributed by atoms with Gasteiger partial charge < -0.3 is 10.5 Å². The zero-order valence-corrected chi connectivity index (χ0v) is 5.95. The molecule has 0 aliphatic rings. The summed E-state index contributed by atoms with van der Waals surface area (Å²) in [4.78, 5) is 0. The van der Waals surface area contributed by atoms with Gasteiger partial charge in [-0.1, -0.05) is 30.3 Å². The van der Waals surface area contributed by atoms with Crippen LogP contribution in [0.4, 0.5) is 0 Å². The summed E-state index contributed by atoms with van der Waals surface area (Å²) >= 11 is 0. The van der Waals surface area contributed by atoms with Gasteiger partial charge in [0.1, 0.15) is 6.23 Å². The molecule has 10 heavy (non-hydrogen) atoms. The molecule has 0 bridgehead atoms. The van der Waals surface area contributed by atoms with Crippen molar-refractivity contribution in [1.29, 1.82) is 0 Å². The zero-order chi connectivity index (χ0) is 7.40. The molecule has 54 valence electrons. The first-order chi connectivity index (χ1) is 4.84. The Morgan fingerprint density at radius 2 is 1.90 bits per heavy atom. The van der Waals surface area contributed by atoms with Gasteiger partial charge in [-0.25, -0.2) is 0 Å². The van der Waals surface area contributed by atoms with Gasteiger partial charge in [-0.15, -0.1) is 0 Å². The van der Waals surface area contributed by atoms with E-state index in [4.69, 9.17) is 10.5 Å². The van der Waals surface area contributed by atoms with Crippen LogP contribution < -0.4 is 5.73 Å². The normalized spacial score (nSPS) is 13.0. The van der Waals surface area contributed by atoms with Crippen LogP contribution >= 0.6 is 0 Å². The fourth-order valence-electron chi connectivity index (χ4n) is 0.779. The Morgan fingerprint density at radius 1 is 1.30 bits per heavy atom. The highest BCUT2D eigenvalue weighted by atomic mass is 16.5. The lowest BCUT2D eigenvalue weighted by Gasteiger charge is -2.07. The number of rotatable bonds is 2. The molecule has 0 saturated heterocycles. The van der Waals surface area contributed by atoms with Crippen LogP contribution in [0.25, 0.3) is 0 Å². The molecule has 1 rings (SSSR count). The Labute approximate surface area is 60.6 Å². The molecular formula is C8H11NO. The summed E-state index contributed by atoms with van der Waals surface area (Å²) in [5.41, 5.74) is 6.58. The Bertz CT molecular complexity index is 186. The first-order valence-electron chi connectivity index (χ1n) is 3.18. The lowest BCUT2D eigenvalue weighted by molar-refractivity contribution is 0.109. The van der Waals surface area contributed by atoms with E-state index >= 15 is 0 Å². The molecule has 0 amide bonds. The molecule has 0 radical (unpaired) electrons. The van der Waals surface area contributed by atoms with Gasteiger partial charge in [0.2, 0.25) is 0 Å². The summed E-state index contributed by atoms with van der Waals surface area (Å²) < 4.78 is 4.91. The summed E-state index contributed by atoms with van der Waals surface area (Å²) in [6, 6.07) is 9.70. The van der Waals surface area contributed by atoms with Crippen LogP contribution in [0.2, 0.25) is 0 Å². The van der Waals surface area contributed by atoms with Gasteiger partial charge in [0.15, 0.2) is 0 Å². The number of methoxy groups -OCH3 is 1. The molecule has 1 aromatic carbocycles. The van der Waals surface area contributed by atoms with Crippen molar-refractivity contribution in [3.05, 3.63) is 35.9 Å². The van der Waals surface area contributed by atoms with Crippen LogP contribution in [0.5, 0.6) is 0 Å². The average Bonchev–Trinajstić information content (AvgIpc) is 2.05. The molecule has 2 nitrogen and oxygen atoms in total. The predicted octanol–water partition coefficient (Wildman–Crippen LogP) is 1.29. The van der Waals surface area contributed by atoms with E-state index in [1.54, 1.807) is 7.11 Å². The van der Waals surface area contributed by atoms with Gasteiger partial charge >= 0.3 is 0 Å². The topological polar surface area (TPSA) is 35.2 Å². The van der Waals surface area contributed by atoms with E-state index in [1.165, 1.54) is 0 Å². The van der Waals surface area contributed by atoms with Crippen LogP contribution in [0, 0.1) is 0 Å². The second-order valence-electron chi connectivity index (χ2n) is 2.07. The van der Waals surface area contributed by atoms with Gasteiger partial charge in [0, 0.05) is 7.11 Å². The lowest BCUT2D eigenvalue weighted by Crippen LogP contribution is -2.11. The minimum atomic E-state index is -0.291. The van der Waals surface area contributed by atoms with E-state index in [9.17, 15) is 0 Å². The highest BCUT2D eigenvalue weighted by Gasteiger charge is 1.99. The molecule has 0 aromatic heterocycles. The second kappa shape index (κ2) is 3.34. The molecule has 1 unspecified atom stereocenters. The lowest BCUT2D eigenvalue weighted by atomic mass is 10.2. The summed E-state index contributed by atoms with van der Waals surface area (Å²) in [6.45, 7) is 0. The Kier molecular flexibility index (Phi) is 2.42. The third-order valence-electron chi connectivity index (χ3n) is 1.38. The molecule has 0 aliphatic heterocycles. The van der Waals surface area contributed by atoms with Crippen molar-refractivity contribution in [2.75, 3.05) is 7.11 Å². The van der Waals surface area contributed by atoms with Crippen molar-refractivity contribution in [1.82, 2.24) is 0 Å². The molecule has 0 fully saturated rings. The maximum absolute atomic E-state index is 5.57. The highest BCUT2D eigenvalue weighted by molar-refractivity contribution is 5.16. The molecule has 1 aromatic rings. The predicted molar refractivity (Wildman–Crippen MR) is 40.4 cm³/mol. The highest BCUT2D eigenvalue weighted by Crippen LogP contribution is 2.08. The Balaban J connectivity index is 2.75. The summed E-state index contributed by atoms with van der Waals surface area (Å²) in [6.07, 6.45) is -0.291. The fourth-order valence-corrected chi connectivity index (χ4v) is 0.779. The van der Waals surface area contributed by atoms with Crippen molar-refractivity contribution in [2.24, 2.45) is 5.73 Å². The van der Waals surface area contributed by atoms with Crippen LogP contribution in [-0.2, 0) is 4.74 Å². The van der Waals surface area contributed by atoms with Crippen molar-refractivity contribution >= 4 is 0 Å². The zero-order valence-electron chi connectivity index (χ0n) is 5.95. The molecule has 0 spiro atoms. The fraction of sp³-hybridized carbons (Fsp3) is 0.250. The Morgan fingerprint density at radius 3 is 2.40 bits per heavy atom. The number of ether oxygens (including phenoxy) is 1. The van der Waals surface area contributed by atoms with Gasteiger partial charge in [-0.05, 0) is 5.56 Å². The monoisotopic (exact) mass is 137 g/mol. The molecular weight excluding hydrogens is 126 g/mol. The maximum Gasteiger partial charge on any atom is 0.131 e.